The number of aryl methyl sites for hydroxylation is 1. The highest BCUT2D eigenvalue weighted by Gasteiger charge is 2.04. The number of halogens is 1. The van der Waals surface area contributed by atoms with Gasteiger partial charge in [-0.2, -0.15) is 0 Å². The van der Waals surface area contributed by atoms with Crippen LogP contribution in [0.5, 0.6) is 5.75 Å². The maximum Gasteiger partial charge on any atom is 0.304 e. The lowest BCUT2D eigenvalue weighted by Crippen LogP contribution is -2.24. The van der Waals surface area contributed by atoms with Gasteiger partial charge in [-0.15, -0.1) is 0 Å². The van der Waals surface area contributed by atoms with E-state index in [1.165, 1.54) is 0 Å². The van der Waals surface area contributed by atoms with E-state index in [1.807, 2.05) is 37.1 Å². The standard InChI is InChI=1S/C14H20ClNO3/c1-11-4-5-12(15)13(10-11)19-9-3-7-16(2)8-6-14(17)18/h4-5,10H,3,6-9H2,1-2H3,(H,17,18). The summed E-state index contributed by atoms with van der Waals surface area (Å²) in [6.07, 6.45) is 1.00. The van der Waals surface area contributed by atoms with Crippen molar-refractivity contribution in [3.63, 3.8) is 0 Å². The molecule has 0 aromatic heterocycles. The third kappa shape index (κ3) is 6.45. The Morgan fingerprint density at radius 3 is 2.84 bits per heavy atom. The fourth-order valence-corrected chi connectivity index (χ4v) is 1.81. The van der Waals surface area contributed by atoms with Gasteiger partial charge in [-0.3, -0.25) is 4.79 Å². The molecule has 0 fully saturated rings. The Morgan fingerprint density at radius 1 is 1.42 bits per heavy atom. The minimum Gasteiger partial charge on any atom is -0.492 e. The zero-order valence-electron chi connectivity index (χ0n) is 11.4. The van der Waals surface area contributed by atoms with Gasteiger partial charge in [0, 0.05) is 13.1 Å². The molecule has 1 aromatic carbocycles. The third-order valence-corrected chi connectivity index (χ3v) is 3.05. The number of hydrogen-bond donors (Lipinski definition) is 1. The lowest BCUT2D eigenvalue weighted by molar-refractivity contribution is -0.137. The molecule has 0 bridgehead atoms. The average Bonchev–Trinajstić information content (AvgIpc) is 2.36. The highest BCUT2D eigenvalue weighted by molar-refractivity contribution is 6.32. The van der Waals surface area contributed by atoms with E-state index in [1.54, 1.807) is 0 Å². The Bertz CT molecular complexity index is 423. The Labute approximate surface area is 118 Å². The first kappa shape index (κ1) is 15.8. The Morgan fingerprint density at radius 2 is 2.16 bits per heavy atom. The molecule has 0 atom stereocenters. The minimum atomic E-state index is -0.769. The van der Waals surface area contributed by atoms with E-state index in [4.69, 9.17) is 21.4 Å². The Hall–Kier alpha value is -1.26. The van der Waals surface area contributed by atoms with Crippen molar-refractivity contribution >= 4 is 17.6 Å². The largest absolute Gasteiger partial charge is 0.492 e. The molecule has 5 heteroatoms. The van der Waals surface area contributed by atoms with E-state index in [2.05, 4.69) is 0 Å². The molecule has 1 aromatic rings. The molecule has 0 spiro atoms. The van der Waals surface area contributed by atoms with Crippen molar-refractivity contribution in [1.82, 2.24) is 4.90 Å². The number of carbonyl (C=O) groups is 1. The van der Waals surface area contributed by atoms with E-state index in [0.717, 1.165) is 18.5 Å². The molecule has 0 saturated carbocycles. The first-order valence-corrected chi connectivity index (χ1v) is 6.66. The Kier molecular flexibility index (Phi) is 6.67. The van der Waals surface area contributed by atoms with Crippen LogP contribution in [0.15, 0.2) is 18.2 Å². The van der Waals surface area contributed by atoms with Gasteiger partial charge < -0.3 is 14.7 Å². The summed E-state index contributed by atoms with van der Waals surface area (Å²) in [5.74, 6) is -0.0653. The van der Waals surface area contributed by atoms with E-state index < -0.39 is 5.97 Å². The first-order chi connectivity index (χ1) is 8.99. The van der Waals surface area contributed by atoms with Crippen molar-refractivity contribution in [2.45, 2.75) is 19.8 Å². The zero-order valence-corrected chi connectivity index (χ0v) is 12.1. The van der Waals surface area contributed by atoms with Crippen molar-refractivity contribution in [2.24, 2.45) is 0 Å². The van der Waals surface area contributed by atoms with Crippen molar-refractivity contribution in [3.8, 4) is 5.75 Å². The van der Waals surface area contributed by atoms with Crippen LogP contribution in [0.3, 0.4) is 0 Å². The summed E-state index contributed by atoms with van der Waals surface area (Å²) in [5.41, 5.74) is 1.11. The summed E-state index contributed by atoms with van der Waals surface area (Å²) in [7, 11) is 1.91. The highest BCUT2D eigenvalue weighted by atomic mass is 35.5. The maximum absolute atomic E-state index is 10.4. The fourth-order valence-electron chi connectivity index (χ4n) is 1.64. The molecule has 0 heterocycles. The van der Waals surface area contributed by atoms with E-state index in [0.29, 0.717) is 23.9 Å². The van der Waals surface area contributed by atoms with E-state index in [9.17, 15) is 4.79 Å². The molecule has 1 rings (SSSR count). The molecule has 19 heavy (non-hydrogen) atoms. The van der Waals surface area contributed by atoms with Gasteiger partial charge in [0.15, 0.2) is 0 Å². The van der Waals surface area contributed by atoms with Gasteiger partial charge in [-0.25, -0.2) is 0 Å². The van der Waals surface area contributed by atoms with Crippen LogP contribution in [-0.2, 0) is 4.79 Å². The van der Waals surface area contributed by atoms with Crippen LogP contribution in [0.1, 0.15) is 18.4 Å². The van der Waals surface area contributed by atoms with Crippen LogP contribution < -0.4 is 4.74 Å². The quantitative estimate of drug-likeness (QED) is 0.746. The smallest absolute Gasteiger partial charge is 0.304 e. The average molecular weight is 286 g/mol. The number of hydrogen-bond acceptors (Lipinski definition) is 3. The SMILES string of the molecule is Cc1ccc(Cl)c(OCCCN(C)CCC(=O)O)c1. The molecule has 0 unspecified atom stereocenters. The molecule has 0 aliphatic heterocycles. The van der Waals surface area contributed by atoms with Crippen LogP contribution in [0.25, 0.3) is 0 Å². The van der Waals surface area contributed by atoms with Crippen LogP contribution in [0.4, 0.5) is 0 Å². The monoisotopic (exact) mass is 285 g/mol. The molecular weight excluding hydrogens is 266 g/mol. The molecule has 0 aliphatic rings. The van der Waals surface area contributed by atoms with Gasteiger partial charge in [0.05, 0.1) is 18.1 Å². The van der Waals surface area contributed by atoms with Gasteiger partial charge >= 0.3 is 5.97 Å². The van der Waals surface area contributed by atoms with E-state index in [-0.39, 0.29) is 6.42 Å². The lowest BCUT2D eigenvalue weighted by atomic mass is 10.2. The molecule has 0 radical (unpaired) electrons. The molecule has 106 valence electrons. The Balaban J connectivity index is 2.23. The van der Waals surface area contributed by atoms with Crippen molar-refractivity contribution in [1.29, 1.82) is 0 Å². The van der Waals surface area contributed by atoms with E-state index >= 15 is 0 Å². The molecule has 0 saturated heterocycles. The predicted molar refractivity (Wildman–Crippen MR) is 76.1 cm³/mol. The number of nitrogens with zero attached hydrogens (tertiary/aromatic N) is 1. The molecule has 0 amide bonds. The number of carboxylic acid groups (broad SMARTS) is 1. The number of aliphatic carboxylic acids is 1. The maximum atomic E-state index is 10.4. The number of ether oxygens (including phenoxy) is 1. The lowest BCUT2D eigenvalue weighted by Gasteiger charge is -2.15. The third-order valence-electron chi connectivity index (χ3n) is 2.74. The molecule has 4 nitrogen and oxygen atoms in total. The normalized spacial score (nSPS) is 10.7. The molecule has 1 N–H and O–H groups in total. The second kappa shape index (κ2) is 8.02. The van der Waals surface area contributed by atoms with Crippen LogP contribution in [0, 0.1) is 6.92 Å². The number of rotatable bonds is 8. The van der Waals surface area contributed by atoms with Gasteiger partial charge in [0.25, 0.3) is 0 Å². The van der Waals surface area contributed by atoms with Crippen molar-refractivity contribution in [3.05, 3.63) is 28.8 Å². The second-order valence-corrected chi connectivity index (χ2v) is 4.99. The van der Waals surface area contributed by atoms with Crippen LogP contribution in [-0.4, -0.2) is 42.7 Å². The summed E-state index contributed by atoms with van der Waals surface area (Å²) >= 11 is 6.02. The molecule has 0 aliphatic carbocycles. The van der Waals surface area contributed by atoms with Crippen molar-refractivity contribution in [2.75, 3.05) is 26.7 Å². The minimum absolute atomic E-state index is 0.168. The summed E-state index contributed by atoms with van der Waals surface area (Å²) in [5, 5.41) is 9.19. The van der Waals surface area contributed by atoms with Crippen LogP contribution >= 0.6 is 11.6 Å². The number of carboxylic acids is 1. The summed E-state index contributed by atoms with van der Waals surface area (Å²) in [6, 6.07) is 5.68. The fraction of sp³-hybridized carbons (Fsp3) is 0.500. The predicted octanol–water partition coefficient (Wildman–Crippen LogP) is 2.82. The van der Waals surface area contributed by atoms with Gasteiger partial charge in [-0.05, 0) is 38.1 Å². The zero-order chi connectivity index (χ0) is 14.3. The summed E-state index contributed by atoms with van der Waals surface area (Å²) in [6.45, 7) is 3.92. The first-order valence-electron chi connectivity index (χ1n) is 6.28. The second-order valence-electron chi connectivity index (χ2n) is 4.58. The molecular formula is C14H20ClNO3. The van der Waals surface area contributed by atoms with Gasteiger partial charge in [0.2, 0.25) is 0 Å². The highest BCUT2D eigenvalue weighted by Crippen LogP contribution is 2.25. The summed E-state index contributed by atoms with van der Waals surface area (Å²) in [4.78, 5) is 12.4. The van der Waals surface area contributed by atoms with Crippen LogP contribution in [0.2, 0.25) is 5.02 Å². The summed E-state index contributed by atoms with van der Waals surface area (Å²) < 4.78 is 5.62. The van der Waals surface area contributed by atoms with Gasteiger partial charge in [-0.1, -0.05) is 17.7 Å². The topological polar surface area (TPSA) is 49.8 Å². The number of benzene rings is 1. The van der Waals surface area contributed by atoms with Crippen molar-refractivity contribution < 1.29 is 14.6 Å². The van der Waals surface area contributed by atoms with Gasteiger partial charge in [0.1, 0.15) is 5.75 Å².